The van der Waals surface area contributed by atoms with Crippen molar-refractivity contribution in [2.45, 2.75) is 13.8 Å². The quantitative estimate of drug-likeness (QED) is 0.740. The van der Waals surface area contributed by atoms with E-state index >= 15 is 0 Å². The summed E-state index contributed by atoms with van der Waals surface area (Å²) in [5.74, 6) is 1.29. The molecule has 0 amide bonds. The van der Waals surface area contributed by atoms with Crippen molar-refractivity contribution in [3.63, 3.8) is 0 Å². The molecule has 0 aliphatic heterocycles. The SMILES string of the molecule is CCN(CC)CCOc1c(OC)cccc1C(N)=S. The van der Waals surface area contributed by atoms with Crippen LogP contribution >= 0.6 is 12.2 Å². The lowest BCUT2D eigenvalue weighted by atomic mass is 10.2. The van der Waals surface area contributed by atoms with E-state index in [9.17, 15) is 0 Å². The van der Waals surface area contributed by atoms with E-state index in [0.717, 1.165) is 19.6 Å². The zero-order valence-electron chi connectivity index (χ0n) is 11.8. The van der Waals surface area contributed by atoms with E-state index in [1.165, 1.54) is 0 Å². The van der Waals surface area contributed by atoms with Gasteiger partial charge < -0.3 is 20.1 Å². The third-order valence-corrected chi connectivity index (χ3v) is 3.23. The molecule has 0 aromatic heterocycles. The van der Waals surface area contributed by atoms with Gasteiger partial charge in [-0.15, -0.1) is 0 Å². The summed E-state index contributed by atoms with van der Waals surface area (Å²) >= 11 is 5.04. The number of ether oxygens (including phenoxy) is 2. The molecule has 0 atom stereocenters. The Balaban J connectivity index is 2.78. The van der Waals surface area contributed by atoms with Crippen molar-refractivity contribution >= 4 is 17.2 Å². The van der Waals surface area contributed by atoms with Crippen molar-refractivity contribution in [2.24, 2.45) is 5.73 Å². The van der Waals surface area contributed by atoms with Crippen LogP contribution in [-0.2, 0) is 0 Å². The topological polar surface area (TPSA) is 47.7 Å². The Kier molecular flexibility index (Phi) is 6.59. The summed E-state index contributed by atoms with van der Waals surface area (Å²) in [5, 5.41) is 0. The van der Waals surface area contributed by atoms with E-state index in [2.05, 4.69) is 18.7 Å². The second-order valence-electron chi connectivity index (χ2n) is 4.08. The van der Waals surface area contributed by atoms with Crippen molar-refractivity contribution < 1.29 is 9.47 Å². The average molecular weight is 282 g/mol. The number of benzene rings is 1. The summed E-state index contributed by atoms with van der Waals surface area (Å²) in [4.78, 5) is 2.60. The van der Waals surface area contributed by atoms with Crippen molar-refractivity contribution in [3.8, 4) is 11.5 Å². The molecule has 5 heteroatoms. The van der Waals surface area contributed by atoms with Gasteiger partial charge in [0.05, 0.1) is 12.7 Å². The van der Waals surface area contributed by atoms with E-state index in [1.54, 1.807) is 7.11 Å². The third kappa shape index (κ3) is 4.36. The minimum atomic E-state index is 0.316. The molecule has 0 saturated heterocycles. The highest BCUT2D eigenvalue weighted by molar-refractivity contribution is 7.80. The van der Waals surface area contributed by atoms with Crippen LogP contribution in [0, 0.1) is 0 Å². The molecule has 0 heterocycles. The molecule has 4 nitrogen and oxygen atoms in total. The number of thiocarbonyl (C=S) groups is 1. The number of likely N-dealkylation sites (N-methyl/N-ethyl adjacent to an activating group) is 1. The van der Waals surface area contributed by atoms with Crippen LogP contribution in [0.4, 0.5) is 0 Å². The molecule has 1 aromatic rings. The summed E-state index contributed by atoms with van der Waals surface area (Å²) in [6, 6.07) is 5.54. The molecule has 1 aromatic carbocycles. The highest BCUT2D eigenvalue weighted by atomic mass is 32.1. The number of hydrogen-bond donors (Lipinski definition) is 1. The maximum Gasteiger partial charge on any atom is 0.171 e. The fourth-order valence-electron chi connectivity index (χ4n) is 1.84. The summed E-state index contributed by atoms with van der Waals surface area (Å²) in [7, 11) is 1.61. The van der Waals surface area contributed by atoms with Gasteiger partial charge in [-0.2, -0.15) is 0 Å². The number of hydrogen-bond acceptors (Lipinski definition) is 4. The van der Waals surface area contributed by atoms with Gasteiger partial charge in [-0.05, 0) is 25.2 Å². The van der Waals surface area contributed by atoms with Gasteiger partial charge in [0.15, 0.2) is 11.5 Å². The van der Waals surface area contributed by atoms with Gasteiger partial charge in [0.25, 0.3) is 0 Å². The first kappa shape index (κ1) is 15.7. The molecule has 0 spiro atoms. The Labute approximate surface area is 120 Å². The fourth-order valence-corrected chi connectivity index (χ4v) is 2.00. The average Bonchev–Trinajstić information content (AvgIpc) is 2.43. The monoisotopic (exact) mass is 282 g/mol. The van der Waals surface area contributed by atoms with Gasteiger partial charge in [0.1, 0.15) is 11.6 Å². The molecule has 0 radical (unpaired) electrons. The normalized spacial score (nSPS) is 10.5. The number of para-hydroxylation sites is 1. The van der Waals surface area contributed by atoms with Crippen LogP contribution in [0.2, 0.25) is 0 Å². The van der Waals surface area contributed by atoms with Crippen LogP contribution in [-0.4, -0.2) is 43.2 Å². The molecule has 0 aliphatic rings. The summed E-state index contributed by atoms with van der Waals surface area (Å²) in [6.45, 7) is 7.72. The Morgan fingerprint density at radius 1 is 1.32 bits per heavy atom. The van der Waals surface area contributed by atoms with Crippen LogP contribution in [0.5, 0.6) is 11.5 Å². The lowest BCUT2D eigenvalue weighted by molar-refractivity contribution is 0.217. The molecule has 0 bridgehead atoms. The molecule has 0 unspecified atom stereocenters. The lowest BCUT2D eigenvalue weighted by Crippen LogP contribution is -2.28. The summed E-state index contributed by atoms with van der Waals surface area (Å²) < 4.78 is 11.1. The first-order valence-corrected chi connectivity index (χ1v) is 6.86. The van der Waals surface area contributed by atoms with Crippen LogP contribution in [0.1, 0.15) is 19.4 Å². The molecule has 2 N–H and O–H groups in total. The van der Waals surface area contributed by atoms with Crippen molar-refractivity contribution in [2.75, 3.05) is 33.4 Å². The Morgan fingerprint density at radius 3 is 2.53 bits per heavy atom. The van der Waals surface area contributed by atoms with E-state index in [-0.39, 0.29) is 0 Å². The Hall–Kier alpha value is -1.33. The minimum absolute atomic E-state index is 0.316. The van der Waals surface area contributed by atoms with Gasteiger partial charge in [-0.3, -0.25) is 0 Å². The molecular weight excluding hydrogens is 260 g/mol. The molecule has 0 saturated carbocycles. The Bertz CT molecular complexity index is 420. The molecule has 106 valence electrons. The second-order valence-corrected chi connectivity index (χ2v) is 4.52. The minimum Gasteiger partial charge on any atom is -0.493 e. The van der Waals surface area contributed by atoms with Gasteiger partial charge >= 0.3 is 0 Å². The summed E-state index contributed by atoms with van der Waals surface area (Å²) in [5.41, 5.74) is 6.42. The maximum absolute atomic E-state index is 5.82. The predicted molar refractivity (Wildman–Crippen MR) is 82.2 cm³/mol. The highest BCUT2D eigenvalue weighted by Crippen LogP contribution is 2.30. The van der Waals surface area contributed by atoms with Gasteiger partial charge in [-0.25, -0.2) is 0 Å². The molecule has 0 aliphatic carbocycles. The second kappa shape index (κ2) is 7.96. The molecular formula is C14H22N2O2S. The first-order valence-electron chi connectivity index (χ1n) is 6.45. The number of methoxy groups -OCH3 is 1. The summed E-state index contributed by atoms with van der Waals surface area (Å²) in [6.07, 6.45) is 0. The first-order chi connectivity index (χ1) is 9.13. The molecule has 19 heavy (non-hydrogen) atoms. The van der Waals surface area contributed by atoms with Crippen LogP contribution < -0.4 is 15.2 Å². The number of nitrogens with zero attached hydrogens (tertiary/aromatic N) is 1. The standard InChI is InChI=1S/C14H22N2O2S/c1-4-16(5-2)9-10-18-13-11(14(15)19)7-6-8-12(13)17-3/h6-8H,4-5,9-10H2,1-3H3,(H2,15,19). The van der Waals surface area contributed by atoms with Crippen LogP contribution in [0.3, 0.4) is 0 Å². The van der Waals surface area contributed by atoms with E-state index in [0.29, 0.717) is 28.7 Å². The maximum atomic E-state index is 5.82. The van der Waals surface area contributed by atoms with E-state index in [1.807, 2.05) is 18.2 Å². The molecule has 1 rings (SSSR count). The third-order valence-electron chi connectivity index (χ3n) is 3.01. The van der Waals surface area contributed by atoms with Crippen molar-refractivity contribution in [1.82, 2.24) is 4.90 Å². The Morgan fingerprint density at radius 2 is 2.00 bits per heavy atom. The van der Waals surface area contributed by atoms with Crippen LogP contribution in [0.15, 0.2) is 18.2 Å². The molecule has 0 fully saturated rings. The van der Waals surface area contributed by atoms with Gasteiger partial charge in [0, 0.05) is 6.54 Å². The number of nitrogens with two attached hydrogens (primary N) is 1. The van der Waals surface area contributed by atoms with E-state index < -0.39 is 0 Å². The van der Waals surface area contributed by atoms with Gasteiger partial charge in [0.2, 0.25) is 0 Å². The lowest BCUT2D eigenvalue weighted by Gasteiger charge is -2.19. The van der Waals surface area contributed by atoms with Crippen molar-refractivity contribution in [3.05, 3.63) is 23.8 Å². The van der Waals surface area contributed by atoms with Crippen molar-refractivity contribution in [1.29, 1.82) is 0 Å². The zero-order valence-corrected chi connectivity index (χ0v) is 12.6. The fraction of sp³-hybridized carbons (Fsp3) is 0.500. The van der Waals surface area contributed by atoms with Crippen LogP contribution in [0.25, 0.3) is 0 Å². The number of rotatable bonds is 8. The predicted octanol–water partition coefficient (Wildman–Crippen LogP) is 2.05. The van der Waals surface area contributed by atoms with Gasteiger partial charge in [-0.1, -0.05) is 32.1 Å². The van der Waals surface area contributed by atoms with E-state index in [4.69, 9.17) is 27.4 Å². The highest BCUT2D eigenvalue weighted by Gasteiger charge is 2.12. The largest absolute Gasteiger partial charge is 0.493 e. The smallest absolute Gasteiger partial charge is 0.171 e. The zero-order chi connectivity index (χ0) is 14.3.